The van der Waals surface area contributed by atoms with Gasteiger partial charge in [-0.15, -0.1) is 0 Å². The van der Waals surface area contributed by atoms with Gasteiger partial charge < -0.3 is 14.6 Å². The van der Waals surface area contributed by atoms with Gasteiger partial charge in [-0.05, 0) is 50.2 Å². The Balaban J connectivity index is 1.91. The second-order valence-electron chi connectivity index (χ2n) is 5.95. The number of esters is 1. The molecule has 0 bridgehead atoms. The topological polar surface area (TPSA) is 73.2 Å². The molecule has 0 aliphatic carbocycles. The summed E-state index contributed by atoms with van der Waals surface area (Å²) >= 11 is 6.02. The number of hydrogen-bond donors (Lipinski definition) is 1. The molecular formula is C20H18ClN3O3. The molecule has 2 heterocycles. The fraction of sp³-hybridized carbons (Fsp3) is 0.150. The molecule has 0 saturated carbocycles. The monoisotopic (exact) mass is 383 g/mol. The second-order valence-corrected chi connectivity index (χ2v) is 6.36. The van der Waals surface area contributed by atoms with Crippen LogP contribution >= 0.6 is 11.6 Å². The molecular weight excluding hydrogens is 366 g/mol. The highest BCUT2D eigenvalue weighted by molar-refractivity contribution is 6.33. The molecule has 0 radical (unpaired) electrons. The van der Waals surface area contributed by atoms with E-state index in [1.165, 1.54) is 13.2 Å². The van der Waals surface area contributed by atoms with E-state index in [0.29, 0.717) is 11.3 Å². The molecule has 3 aromatic rings. The summed E-state index contributed by atoms with van der Waals surface area (Å²) in [6.07, 6.45) is 1.70. The number of rotatable bonds is 4. The minimum absolute atomic E-state index is 0.191. The van der Waals surface area contributed by atoms with Crippen molar-refractivity contribution in [1.82, 2.24) is 9.55 Å². The van der Waals surface area contributed by atoms with E-state index in [4.69, 9.17) is 16.3 Å². The number of nitrogens with one attached hydrogen (secondary N) is 1. The molecule has 3 rings (SSSR count). The zero-order chi connectivity index (χ0) is 19.6. The van der Waals surface area contributed by atoms with Crippen molar-refractivity contribution in [1.29, 1.82) is 0 Å². The smallest absolute Gasteiger partial charge is 0.339 e. The van der Waals surface area contributed by atoms with Crippen LogP contribution in [0.3, 0.4) is 0 Å². The molecule has 0 spiro atoms. The summed E-state index contributed by atoms with van der Waals surface area (Å²) in [4.78, 5) is 28.9. The minimum atomic E-state index is -0.565. The Bertz CT molecular complexity index is 1010. The molecule has 1 amide bonds. The molecule has 0 aliphatic rings. The maximum atomic E-state index is 12.8. The quantitative estimate of drug-likeness (QED) is 0.686. The lowest BCUT2D eigenvalue weighted by Crippen LogP contribution is -2.14. The number of methoxy groups -OCH3 is 1. The van der Waals surface area contributed by atoms with Crippen LogP contribution in [-0.2, 0) is 4.74 Å². The van der Waals surface area contributed by atoms with Gasteiger partial charge in [0.25, 0.3) is 5.91 Å². The average molecular weight is 384 g/mol. The summed E-state index contributed by atoms with van der Waals surface area (Å²) in [5.74, 6) is -0.112. The zero-order valence-electron chi connectivity index (χ0n) is 15.1. The van der Waals surface area contributed by atoms with E-state index in [1.54, 1.807) is 24.4 Å². The molecule has 0 atom stereocenters. The highest BCUT2D eigenvalue weighted by atomic mass is 35.5. The first-order chi connectivity index (χ1) is 12.9. The standard InChI is InChI=1S/C20H18ClN3O3/c1-12-10-15(13(2)24(12)18-6-4-5-9-22-18)19(25)23-14-7-8-17(21)16(11-14)20(26)27-3/h4-11H,1-3H3,(H,23,25). The first-order valence-corrected chi connectivity index (χ1v) is 8.59. The highest BCUT2D eigenvalue weighted by Crippen LogP contribution is 2.24. The molecule has 7 heteroatoms. The number of aromatic nitrogens is 2. The van der Waals surface area contributed by atoms with E-state index in [1.807, 2.05) is 36.6 Å². The van der Waals surface area contributed by atoms with Crippen molar-refractivity contribution in [2.24, 2.45) is 0 Å². The number of ether oxygens (including phenoxy) is 1. The Morgan fingerprint density at radius 2 is 1.89 bits per heavy atom. The van der Waals surface area contributed by atoms with Gasteiger partial charge in [0.1, 0.15) is 5.82 Å². The third kappa shape index (κ3) is 3.71. The molecule has 138 valence electrons. The minimum Gasteiger partial charge on any atom is -0.465 e. The molecule has 1 N–H and O–H groups in total. The van der Waals surface area contributed by atoms with Crippen LogP contribution in [0.4, 0.5) is 5.69 Å². The van der Waals surface area contributed by atoms with Crippen molar-refractivity contribution < 1.29 is 14.3 Å². The maximum Gasteiger partial charge on any atom is 0.339 e. The SMILES string of the molecule is COC(=O)c1cc(NC(=O)c2cc(C)n(-c3ccccn3)c2C)ccc1Cl. The Kier molecular flexibility index (Phi) is 5.28. The molecule has 27 heavy (non-hydrogen) atoms. The number of hydrogen-bond acceptors (Lipinski definition) is 4. The van der Waals surface area contributed by atoms with Crippen LogP contribution in [-0.4, -0.2) is 28.5 Å². The largest absolute Gasteiger partial charge is 0.465 e. The Morgan fingerprint density at radius 3 is 2.56 bits per heavy atom. The van der Waals surface area contributed by atoms with Gasteiger partial charge in [-0.3, -0.25) is 4.79 Å². The fourth-order valence-corrected chi connectivity index (χ4v) is 3.09. The lowest BCUT2D eigenvalue weighted by Gasteiger charge is -2.10. The summed E-state index contributed by atoms with van der Waals surface area (Å²) in [6, 6.07) is 12.1. The van der Waals surface area contributed by atoms with Gasteiger partial charge in [-0.1, -0.05) is 17.7 Å². The Morgan fingerprint density at radius 1 is 1.11 bits per heavy atom. The van der Waals surface area contributed by atoms with E-state index < -0.39 is 5.97 Å². The third-order valence-electron chi connectivity index (χ3n) is 4.18. The summed E-state index contributed by atoms with van der Waals surface area (Å²) < 4.78 is 6.62. The number of halogens is 1. The van der Waals surface area contributed by atoms with Crippen LogP contribution < -0.4 is 5.32 Å². The fourth-order valence-electron chi connectivity index (χ4n) is 2.90. The van der Waals surface area contributed by atoms with E-state index in [-0.39, 0.29) is 16.5 Å². The van der Waals surface area contributed by atoms with Gasteiger partial charge in [0.15, 0.2) is 0 Å². The number of benzene rings is 1. The molecule has 1 aromatic carbocycles. The van der Waals surface area contributed by atoms with Crippen molar-refractivity contribution in [2.45, 2.75) is 13.8 Å². The second kappa shape index (κ2) is 7.63. The Hall–Kier alpha value is -3.12. The first kappa shape index (κ1) is 18.7. The molecule has 6 nitrogen and oxygen atoms in total. The normalized spacial score (nSPS) is 10.5. The molecule has 0 aliphatic heterocycles. The molecule has 0 fully saturated rings. The van der Waals surface area contributed by atoms with Crippen LogP contribution in [0.1, 0.15) is 32.1 Å². The van der Waals surface area contributed by atoms with Gasteiger partial charge in [-0.25, -0.2) is 9.78 Å². The molecule has 0 unspecified atom stereocenters. The van der Waals surface area contributed by atoms with Crippen LogP contribution in [0.2, 0.25) is 5.02 Å². The van der Waals surface area contributed by atoms with Crippen molar-refractivity contribution in [3.8, 4) is 5.82 Å². The summed E-state index contributed by atoms with van der Waals surface area (Å²) in [5.41, 5.74) is 2.82. The lowest BCUT2D eigenvalue weighted by atomic mass is 10.2. The number of nitrogens with zero attached hydrogens (tertiary/aromatic N) is 2. The van der Waals surface area contributed by atoms with Gasteiger partial charge in [0, 0.05) is 23.3 Å². The first-order valence-electron chi connectivity index (χ1n) is 8.22. The van der Waals surface area contributed by atoms with E-state index in [2.05, 4.69) is 10.3 Å². The van der Waals surface area contributed by atoms with E-state index in [0.717, 1.165) is 17.2 Å². The highest BCUT2D eigenvalue weighted by Gasteiger charge is 2.18. The van der Waals surface area contributed by atoms with Gasteiger partial charge >= 0.3 is 5.97 Å². The predicted octanol–water partition coefficient (Wildman–Crippen LogP) is 4.18. The number of pyridine rings is 1. The van der Waals surface area contributed by atoms with Gasteiger partial charge in [0.05, 0.1) is 23.3 Å². The number of amides is 1. The number of anilines is 1. The van der Waals surface area contributed by atoms with Crippen LogP contribution in [0.25, 0.3) is 5.82 Å². The van der Waals surface area contributed by atoms with Crippen LogP contribution in [0, 0.1) is 13.8 Å². The van der Waals surface area contributed by atoms with Crippen LogP contribution in [0.5, 0.6) is 0 Å². The van der Waals surface area contributed by atoms with E-state index in [9.17, 15) is 9.59 Å². The van der Waals surface area contributed by atoms with E-state index >= 15 is 0 Å². The van der Waals surface area contributed by atoms with Gasteiger partial charge in [0.2, 0.25) is 0 Å². The summed E-state index contributed by atoms with van der Waals surface area (Å²) in [7, 11) is 1.27. The van der Waals surface area contributed by atoms with Crippen LogP contribution in [0.15, 0.2) is 48.7 Å². The van der Waals surface area contributed by atoms with Crippen molar-refractivity contribution >= 4 is 29.2 Å². The van der Waals surface area contributed by atoms with Crippen molar-refractivity contribution in [3.63, 3.8) is 0 Å². The Labute approximate surface area is 161 Å². The predicted molar refractivity (Wildman–Crippen MR) is 104 cm³/mol. The number of aryl methyl sites for hydroxylation is 1. The summed E-state index contributed by atoms with van der Waals surface area (Å²) in [6.45, 7) is 3.77. The zero-order valence-corrected chi connectivity index (χ0v) is 15.9. The average Bonchev–Trinajstić information content (AvgIpc) is 2.97. The lowest BCUT2D eigenvalue weighted by molar-refractivity contribution is 0.0600. The summed E-state index contributed by atoms with van der Waals surface area (Å²) in [5, 5.41) is 3.06. The number of carbonyl (C=O) groups is 2. The molecule has 0 saturated heterocycles. The number of carbonyl (C=O) groups excluding carboxylic acids is 2. The molecule has 2 aromatic heterocycles. The van der Waals surface area contributed by atoms with Crippen molar-refractivity contribution in [2.75, 3.05) is 12.4 Å². The van der Waals surface area contributed by atoms with Crippen molar-refractivity contribution in [3.05, 3.63) is 76.2 Å². The van der Waals surface area contributed by atoms with Gasteiger partial charge in [-0.2, -0.15) is 0 Å². The maximum absolute atomic E-state index is 12.8. The third-order valence-corrected chi connectivity index (χ3v) is 4.51.